The molecule has 1 aliphatic heterocycles. The monoisotopic (exact) mass is 311 g/mol. The number of hydrogen-bond acceptors (Lipinski definition) is 6. The lowest BCUT2D eigenvalue weighted by Gasteiger charge is -2.30. The van der Waals surface area contributed by atoms with Gasteiger partial charge in [0.2, 0.25) is 11.8 Å². The molecule has 2 heterocycles. The lowest BCUT2D eigenvalue weighted by Crippen LogP contribution is -2.46. The third-order valence-corrected chi connectivity index (χ3v) is 4.36. The number of rotatable bonds is 6. The molecule has 0 aliphatic carbocycles. The van der Waals surface area contributed by atoms with Crippen molar-refractivity contribution in [1.29, 1.82) is 0 Å². The maximum atomic E-state index is 12.1. The number of nitrogens with zero attached hydrogens (tertiary/aromatic N) is 3. The summed E-state index contributed by atoms with van der Waals surface area (Å²) in [6.07, 6.45) is 2.48. The van der Waals surface area contributed by atoms with E-state index < -0.39 is 0 Å². The van der Waals surface area contributed by atoms with Crippen molar-refractivity contribution < 1.29 is 9.59 Å². The highest BCUT2D eigenvalue weighted by molar-refractivity contribution is 7.11. The van der Waals surface area contributed by atoms with E-state index >= 15 is 0 Å². The molecule has 0 bridgehead atoms. The standard InChI is InChI=1S/C13H21N5O2S/c1-9-16-17-12(21-9)4-5-15-13(20)10-3-2-6-18(7-10)8-11(14)19/h10H,2-8H2,1H3,(H2,14,19)(H,15,20). The normalized spacial score (nSPS) is 19.4. The second-order valence-electron chi connectivity index (χ2n) is 5.30. The molecule has 1 aliphatic rings. The van der Waals surface area contributed by atoms with Crippen molar-refractivity contribution in [3.05, 3.63) is 10.0 Å². The predicted molar refractivity (Wildman–Crippen MR) is 79.7 cm³/mol. The number of hydrogen-bond donors (Lipinski definition) is 2. The molecule has 1 fully saturated rings. The van der Waals surface area contributed by atoms with Crippen molar-refractivity contribution in [3.8, 4) is 0 Å². The van der Waals surface area contributed by atoms with Gasteiger partial charge in [-0.1, -0.05) is 0 Å². The van der Waals surface area contributed by atoms with Crippen LogP contribution in [0.2, 0.25) is 0 Å². The number of carbonyl (C=O) groups is 2. The van der Waals surface area contributed by atoms with Gasteiger partial charge in [-0.15, -0.1) is 21.5 Å². The van der Waals surface area contributed by atoms with E-state index in [4.69, 9.17) is 5.73 Å². The minimum atomic E-state index is -0.345. The van der Waals surface area contributed by atoms with Crippen LogP contribution in [0.4, 0.5) is 0 Å². The average Bonchev–Trinajstić information content (AvgIpc) is 2.84. The molecular formula is C13H21N5O2S. The van der Waals surface area contributed by atoms with E-state index in [2.05, 4.69) is 15.5 Å². The molecule has 0 spiro atoms. The number of nitrogens with two attached hydrogens (primary N) is 1. The molecule has 1 aromatic heterocycles. The topological polar surface area (TPSA) is 101 Å². The third kappa shape index (κ3) is 5.05. The zero-order valence-corrected chi connectivity index (χ0v) is 13.0. The number of aromatic nitrogens is 2. The Morgan fingerprint density at radius 2 is 2.29 bits per heavy atom. The van der Waals surface area contributed by atoms with Gasteiger partial charge in [-0.2, -0.15) is 0 Å². The van der Waals surface area contributed by atoms with E-state index in [1.165, 1.54) is 0 Å². The summed E-state index contributed by atoms with van der Waals surface area (Å²) < 4.78 is 0. The third-order valence-electron chi connectivity index (χ3n) is 3.46. The zero-order chi connectivity index (χ0) is 15.2. The van der Waals surface area contributed by atoms with Gasteiger partial charge in [-0.3, -0.25) is 14.5 Å². The van der Waals surface area contributed by atoms with Crippen LogP contribution in [0.25, 0.3) is 0 Å². The maximum Gasteiger partial charge on any atom is 0.231 e. The number of piperidine rings is 1. The van der Waals surface area contributed by atoms with Crippen LogP contribution < -0.4 is 11.1 Å². The highest BCUT2D eigenvalue weighted by Gasteiger charge is 2.26. The number of primary amides is 1. The molecule has 2 amide bonds. The van der Waals surface area contributed by atoms with Crippen molar-refractivity contribution in [2.75, 3.05) is 26.2 Å². The number of aryl methyl sites for hydroxylation is 1. The van der Waals surface area contributed by atoms with E-state index in [1.807, 2.05) is 11.8 Å². The van der Waals surface area contributed by atoms with Gasteiger partial charge in [0, 0.05) is 19.5 Å². The first-order valence-corrected chi connectivity index (χ1v) is 7.93. The largest absolute Gasteiger partial charge is 0.369 e. The van der Waals surface area contributed by atoms with Crippen LogP contribution in [0.5, 0.6) is 0 Å². The van der Waals surface area contributed by atoms with Crippen molar-refractivity contribution in [2.24, 2.45) is 11.7 Å². The molecule has 3 N–H and O–H groups in total. The molecular weight excluding hydrogens is 290 g/mol. The van der Waals surface area contributed by atoms with Crippen molar-refractivity contribution in [3.63, 3.8) is 0 Å². The molecule has 0 aromatic carbocycles. The number of amides is 2. The van der Waals surface area contributed by atoms with E-state index in [9.17, 15) is 9.59 Å². The Bertz CT molecular complexity index is 505. The molecule has 0 saturated carbocycles. The minimum Gasteiger partial charge on any atom is -0.369 e. The van der Waals surface area contributed by atoms with Crippen LogP contribution in [0.1, 0.15) is 22.9 Å². The summed E-state index contributed by atoms with van der Waals surface area (Å²) in [6.45, 7) is 4.15. The number of likely N-dealkylation sites (tertiary alicyclic amines) is 1. The first-order chi connectivity index (χ1) is 10.0. The fourth-order valence-electron chi connectivity index (χ4n) is 2.51. The predicted octanol–water partition coefficient (Wildman–Crippen LogP) is -0.297. The molecule has 1 unspecified atom stereocenters. The highest BCUT2D eigenvalue weighted by Crippen LogP contribution is 2.16. The maximum absolute atomic E-state index is 12.1. The Morgan fingerprint density at radius 1 is 1.48 bits per heavy atom. The van der Waals surface area contributed by atoms with E-state index in [1.54, 1.807) is 11.3 Å². The summed E-state index contributed by atoms with van der Waals surface area (Å²) in [7, 11) is 0. The molecule has 1 saturated heterocycles. The lowest BCUT2D eigenvalue weighted by molar-refractivity contribution is -0.128. The Morgan fingerprint density at radius 3 is 2.95 bits per heavy atom. The molecule has 0 radical (unpaired) electrons. The summed E-state index contributed by atoms with van der Waals surface area (Å²) in [6, 6.07) is 0. The smallest absolute Gasteiger partial charge is 0.231 e. The zero-order valence-electron chi connectivity index (χ0n) is 12.2. The van der Waals surface area contributed by atoms with E-state index in [0.717, 1.165) is 29.4 Å². The quantitative estimate of drug-likeness (QED) is 0.751. The van der Waals surface area contributed by atoms with Crippen LogP contribution in [0.3, 0.4) is 0 Å². The Balaban J connectivity index is 1.73. The fraction of sp³-hybridized carbons (Fsp3) is 0.692. The Hall–Kier alpha value is -1.54. The number of nitrogens with one attached hydrogen (secondary N) is 1. The lowest BCUT2D eigenvalue weighted by atomic mass is 9.97. The SMILES string of the molecule is Cc1nnc(CCNC(=O)C2CCCN(CC(N)=O)C2)s1. The first kappa shape index (κ1) is 15.8. The summed E-state index contributed by atoms with van der Waals surface area (Å²) in [4.78, 5) is 25.0. The highest BCUT2D eigenvalue weighted by atomic mass is 32.1. The molecule has 7 nitrogen and oxygen atoms in total. The van der Waals surface area contributed by atoms with Gasteiger partial charge in [0.15, 0.2) is 0 Å². The second-order valence-corrected chi connectivity index (χ2v) is 6.56. The molecule has 2 rings (SSSR count). The molecule has 21 heavy (non-hydrogen) atoms. The second kappa shape index (κ2) is 7.46. The summed E-state index contributed by atoms with van der Waals surface area (Å²) in [5.41, 5.74) is 5.20. The van der Waals surface area contributed by atoms with Gasteiger partial charge < -0.3 is 11.1 Å². The Kier molecular flexibility index (Phi) is 5.63. The molecule has 1 aromatic rings. The minimum absolute atomic E-state index is 0.0467. The van der Waals surface area contributed by atoms with Gasteiger partial charge in [0.05, 0.1) is 12.5 Å². The van der Waals surface area contributed by atoms with Gasteiger partial charge in [0.1, 0.15) is 10.0 Å². The molecule has 8 heteroatoms. The molecule has 116 valence electrons. The van der Waals surface area contributed by atoms with Crippen molar-refractivity contribution >= 4 is 23.2 Å². The van der Waals surface area contributed by atoms with Gasteiger partial charge in [0.25, 0.3) is 0 Å². The van der Waals surface area contributed by atoms with E-state index in [0.29, 0.717) is 19.5 Å². The molecule has 1 atom stereocenters. The Labute approximate surface area is 127 Å². The summed E-state index contributed by atoms with van der Waals surface area (Å²) in [5.74, 6) is -0.359. The van der Waals surface area contributed by atoms with Crippen LogP contribution in [-0.2, 0) is 16.0 Å². The van der Waals surface area contributed by atoms with Crippen LogP contribution in [-0.4, -0.2) is 53.1 Å². The average molecular weight is 311 g/mol. The van der Waals surface area contributed by atoms with Crippen molar-refractivity contribution in [1.82, 2.24) is 20.4 Å². The van der Waals surface area contributed by atoms with E-state index in [-0.39, 0.29) is 24.3 Å². The van der Waals surface area contributed by atoms with Crippen LogP contribution in [0.15, 0.2) is 0 Å². The van der Waals surface area contributed by atoms with Gasteiger partial charge >= 0.3 is 0 Å². The van der Waals surface area contributed by atoms with Crippen LogP contribution in [0, 0.1) is 12.8 Å². The first-order valence-electron chi connectivity index (χ1n) is 7.12. The van der Waals surface area contributed by atoms with Crippen molar-refractivity contribution in [2.45, 2.75) is 26.2 Å². The fourth-order valence-corrected chi connectivity index (χ4v) is 3.22. The van der Waals surface area contributed by atoms with Gasteiger partial charge in [-0.25, -0.2) is 0 Å². The summed E-state index contributed by atoms with van der Waals surface area (Å²) in [5, 5.41) is 12.8. The summed E-state index contributed by atoms with van der Waals surface area (Å²) >= 11 is 1.55. The van der Waals surface area contributed by atoms with Gasteiger partial charge in [-0.05, 0) is 26.3 Å². The van der Waals surface area contributed by atoms with Crippen LogP contribution >= 0.6 is 11.3 Å². The number of carbonyl (C=O) groups excluding carboxylic acids is 2.